The van der Waals surface area contributed by atoms with E-state index in [9.17, 15) is 8.42 Å². The molecule has 0 aliphatic rings. The van der Waals surface area contributed by atoms with Gasteiger partial charge in [0.05, 0.1) is 10.6 Å². The highest BCUT2D eigenvalue weighted by atomic mass is 32.2. The number of hydrogen-bond acceptors (Lipinski definition) is 2. The maximum Gasteiger partial charge on any atom is 0.261 e. The molecule has 0 heterocycles. The molecule has 0 atom stereocenters. The summed E-state index contributed by atoms with van der Waals surface area (Å²) in [4.78, 5) is 0.290. The first-order valence-corrected chi connectivity index (χ1v) is 7.68. The minimum atomic E-state index is -3.52. The standard InChI is InChI=1S/C15H17NO2S/c1-3-13-8-4-5-10-15(13)16-19(17,18)14-9-6-7-12(2)11-14/h4-11,16H,3H2,1-2H3. The van der Waals surface area contributed by atoms with Crippen LogP contribution in [-0.4, -0.2) is 8.42 Å². The van der Waals surface area contributed by atoms with Gasteiger partial charge in [0.1, 0.15) is 0 Å². The zero-order valence-corrected chi connectivity index (χ0v) is 11.9. The maximum atomic E-state index is 12.3. The Kier molecular flexibility index (Phi) is 3.90. The topological polar surface area (TPSA) is 46.2 Å². The molecule has 2 aromatic carbocycles. The molecule has 0 radical (unpaired) electrons. The van der Waals surface area contributed by atoms with Crippen LogP contribution in [0.1, 0.15) is 18.1 Å². The SMILES string of the molecule is CCc1ccccc1NS(=O)(=O)c1cccc(C)c1. The molecule has 2 aromatic rings. The average Bonchev–Trinajstić information content (AvgIpc) is 2.39. The summed E-state index contributed by atoms with van der Waals surface area (Å²) in [6.07, 6.45) is 0.784. The van der Waals surface area contributed by atoms with Crippen molar-refractivity contribution in [1.82, 2.24) is 0 Å². The van der Waals surface area contributed by atoms with Crippen LogP contribution in [0.15, 0.2) is 53.4 Å². The monoisotopic (exact) mass is 275 g/mol. The van der Waals surface area contributed by atoms with E-state index in [0.717, 1.165) is 17.5 Å². The summed E-state index contributed by atoms with van der Waals surface area (Å²) in [5, 5.41) is 0. The third-order valence-electron chi connectivity index (χ3n) is 2.94. The van der Waals surface area contributed by atoms with Crippen molar-refractivity contribution in [2.75, 3.05) is 4.72 Å². The van der Waals surface area contributed by atoms with Crippen molar-refractivity contribution in [1.29, 1.82) is 0 Å². The molecular weight excluding hydrogens is 258 g/mol. The summed E-state index contributed by atoms with van der Waals surface area (Å²) >= 11 is 0. The van der Waals surface area contributed by atoms with Crippen molar-refractivity contribution in [2.24, 2.45) is 0 Å². The van der Waals surface area contributed by atoms with Crippen molar-refractivity contribution in [3.05, 3.63) is 59.7 Å². The highest BCUT2D eigenvalue weighted by molar-refractivity contribution is 7.92. The summed E-state index contributed by atoms with van der Waals surface area (Å²) in [6.45, 7) is 3.87. The third kappa shape index (κ3) is 3.15. The molecule has 0 amide bonds. The normalized spacial score (nSPS) is 11.3. The van der Waals surface area contributed by atoms with Gasteiger partial charge in [-0.3, -0.25) is 4.72 Å². The first-order valence-electron chi connectivity index (χ1n) is 6.20. The van der Waals surface area contributed by atoms with Gasteiger partial charge < -0.3 is 0 Å². The molecule has 0 aliphatic heterocycles. The Morgan fingerprint density at radius 1 is 1.05 bits per heavy atom. The Morgan fingerprint density at radius 3 is 2.47 bits per heavy atom. The van der Waals surface area contributed by atoms with Crippen LogP contribution in [0.2, 0.25) is 0 Å². The Bertz CT molecular complexity index is 678. The summed E-state index contributed by atoms with van der Waals surface area (Å²) in [7, 11) is -3.52. The first kappa shape index (κ1) is 13.6. The van der Waals surface area contributed by atoms with E-state index in [1.165, 1.54) is 0 Å². The summed E-state index contributed by atoms with van der Waals surface area (Å²) in [5.74, 6) is 0. The molecule has 0 aromatic heterocycles. The highest BCUT2D eigenvalue weighted by Crippen LogP contribution is 2.20. The van der Waals surface area contributed by atoms with Crippen LogP contribution in [0.25, 0.3) is 0 Å². The second-order valence-electron chi connectivity index (χ2n) is 4.43. The highest BCUT2D eigenvalue weighted by Gasteiger charge is 2.15. The van der Waals surface area contributed by atoms with Crippen molar-refractivity contribution in [2.45, 2.75) is 25.2 Å². The summed E-state index contributed by atoms with van der Waals surface area (Å²) in [5.41, 5.74) is 2.55. The summed E-state index contributed by atoms with van der Waals surface area (Å²) in [6, 6.07) is 14.3. The molecule has 0 bridgehead atoms. The van der Waals surface area contributed by atoms with Crippen LogP contribution in [0.5, 0.6) is 0 Å². The predicted molar refractivity (Wildman–Crippen MR) is 77.8 cm³/mol. The van der Waals surface area contributed by atoms with E-state index < -0.39 is 10.0 Å². The molecule has 0 aliphatic carbocycles. The van der Waals surface area contributed by atoms with Crippen LogP contribution < -0.4 is 4.72 Å². The van der Waals surface area contributed by atoms with E-state index in [0.29, 0.717) is 10.6 Å². The van der Waals surface area contributed by atoms with E-state index in [1.807, 2.05) is 38.1 Å². The van der Waals surface area contributed by atoms with Crippen LogP contribution in [0, 0.1) is 6.92 Å². The van der Waals surface area contributed by atoms with E-state index in [2.05, 4.69) is 4.72 Å². The van der Waals surface area contributed by atoms with Crippen molar-refractivity contribution < 1.29 is 8.42 Å². The fourth-order valence-corrected chi connectivity index (χ4v) is 3.12. The lowest BCUT2D eigenvalue weighted by Gasteiger charge is -2.11. The van der Waals surface area contributed by atoms with Crippen LogP contribution in [0.4, 0.5) is 5.69 Å². The van der Waals surface area contributed by atoms with Gasteiger partial charge in [0.15, 0.2) is 0 Å². The van der Waals surface area contributed by atoms with E-state index in [4.69, 9.17) is 0 Å². The first-order chi connectivity index (χ1) is 9.03. The van der Waals surface area contributed by atoms with Crippen LogP contribution in [-0.2, 0) is 16.4 Å². The zero-order chi connectivity index (χ0) is 13.9. The largest absolute Gasteiger partial charge is 0.279 e. The van der Waals surface area contributed by atoms with Crippen molar-refractivity contribution in [3.63, 3.8) is 0 Å². The molecule has 0 saturated heterocycles. The second kappa shape index (κ2) is 5.45. The Hall–Kier alpha value is -1.81. The van der Waals surface area contributed by atoms with Crippen molar-refractivity contribution >= 4 is 15.7 Å². The lowest BCUT2D eigenvalue weighted by molar-refractivity contribution is 0.601. The number of rotatable bonds is 4. The molecule has 0 fully saturated rings. The van der Waals surface area contributed by atoms with Crippen LogP contribution in [0.3, 0.4) is 0 Å². The molecule has 0 unspecified atom stereocenters. The van der Waals surface area contributed by atoms with Gasteiger partial charge >= 0.3 is 0 Å². The molecule has 0 spiro atoms. The zero-order valence-electron chi connectivity index (χ0n) is 11.1. The van der Waals surface area contributed by atoms with Gasteiger partial charge in [0, 0.05) is 0 Å². The molecule has 2 rings (SSSR count). The van der Waals surface area contributed by atoms with Gasteiger partial charge in [-0.25, -0.2) is 8.42 Å². The quantitative estimate of drug-likeness (QED) is 0.930. The number of hydrogen-bond donors (Lipinski definition) is 1. The van der Waals surface area contributed by atoms with Gasteiger partial charge in [-0.2, -0.15) is 0 Å². The minimum Gasteiger partial charge on any atom is -0.279 e. The predicted octanol–water partition coefficient (Wildman–Crippen LogP) is 3.36. The van der Waals surface area contributed by atoms with Crippen LogP contribution >= 0.6 is 0 Å². The second-order valence-corrected chi connectivity index (χ2v) is 6.12. The van der Waals surface area contributed by atoms with Crippen molar-refractivity contribution in [3.8, 4) is 0 Å². The Labute approximate surface area is 114 Å². The number of aryl methyl sites for hydroxylation is 2. The number of para-hydroxylation sites is 1. The number of nitrogens with one attached hydrogen (secondary N) is 1. The molecular formula is C15H17NO2S. The van der Waals surface area contributed by atoms with Gasteiger partial charge in [-0.1, -0.05) is 37.3 Å². The Balaban J connectivity index is 2.37. The summed E-state index contributed by atoms with van der Waals surface area (Å²) < 4.78 is 27.3. The molecule has 3 nitrogen and oxygen atoms in total. The number of anilines is 1. The molecule has 100 valence electrons. The molecule has 4 heteroatoms. The lowest BCUT2D eigenvalue weighted by Crippen LogP contribution is -2.14. The smallest absolute Gasteiger partial charge is 0.261 e. The minimum absolute atomic E-state index is 0.290. The third-order valence-corrected chi connectivity index (χ3v) is 4.31. The van der Waals surface area contributed by atoms with Gasteiger partial charge in [0.25, 0.3) is 10.0 Å². The van der Waals surface area contributed by atoms with E-state index in [-0.39, 0.29) is 0 Å². The average molecular weight is 275 g/mol. The molecule has 19 heavy (non-hydrogen) atoms. The van der Waals surface area contributed by atoms with E-state index in [1.54, 1.807) is 24.3 Å². The fourth-order valence-electron chi connectivity index (χ4n) is 1.91. The van der Waals surface area contributed by atoms with Gasteiger partial charge in [0.2, 0.25) is 0 Å². The Morgan fingerprint density at radius 2 is 1.79 bits per heavy atom. The number of benzene rings is 2. The maximum absolute atomic E-state index is 12.3. The van der Waals surface area contributed by atoms with Gasteiger partial charge in [-0.05, 0) is 42.7 Å². The van der Waals surface area contributed by atoms with E-state index >= 15 is 0 Å². The molecule has 1 N–H and O–H groups in total. The molecule has 0 saturated carbocycles. The van der Waals surface area contributed by atoms with Gasteiger partial charge in [-0.15, -0.1) is 0 Å². The lowest BCUT2D eigenvalue weighted by atomic mass is 10.1. The fraction of sp³-hybridized carbons (Fsp3) is 0.200. The number of sulfonamides is 1.